The van der Waals surface area contributed by atoms with Gasteiger partial charge in [-0.2, -0.15) is 0 Å². The summed E-state index contributed by atoms with van der Waals surface area (Å²) in [6.45, 7) is 2.38. The van der Waals surface area contributed by atoms with Gasteiger partial charge in [0.05, 0.1) is 9.80 Å². The molecular weight excluding hydrogens is 278 g/mol. The van der Waals surface area contributed by atoms with Crippen LogP contribution in [0.4, 0.5) is 5.69 Å². The second kappa shape index (κ2) is 6.29. The maximum absolute atomic E-state index is 10.8. The first-order valence-corrected chi connectivity index (χ1v) is 6.89. The maximum atomic E-state index is 10.8. The molecule has 1 aromatic heterocycles. The molecule has 0 aliphatic carbocycles. The van der Waals surface area contributed by atoms with Gasteiger partial charge in [0, 0.05) is 22.6 Å². The quantitative estimate of drug-likeness (QED) is 0.463. The molecule has 0 radical (unpaired) electrons. The summed E-state index contributed by atoms with van der Waals surface area (Å²) in [4.78, 5) is 22.7. The molecule has 0 saturated carbocycles. The summed E-state index contributed by atoms with van der Waals surface area (Å²) in [7, 11) is 0. The van der Waals surface area contributed by atoms with E-state index < -0.39 is 4.92 Å². The van der Waals surface area contributed by atoms with E-state index in [9.17, 15) is 14.9 Å². The fourth-order valence-electron chi connectivity index (χ4n) is 1.79. The number of nitro benzene ring substituents is 1. The van der Waals surface area contributed by atoms with E-state index in [4.69, 9.17) is 4.74 Å². The molecule has 6 heteroatoms. The lowest BCUT2D eigenvalue weighted by Gasteiger charge is -2.06. The highest BCUT2D eigenvalue weighted by atomic mass is 32.1. The number of nitrogens with zero attached hydrogens (tertiary/aromatic N) is 1. The molecular formula is C14H13NO4S. The Kier molecular flexibility index (Phi) is 4.47. The molecule has 0 spiro atoms. The molecule has 104 valence electrons. The molecule has 0 fully saturated rings. The van der Waals surface area contributed by atoms with Gasteiger partial charge in [-0.1, -0.05) is 6.92 Å². The van der Waals surface area contributed by atoms with Crippen molar-refractivity contribution in [3.8, 4) is 5.75 Å². The molecule has 5 nitrogen and oxygen atoms in total. The van der Waals surface area contributed by atoms with Gasteiger partial charge in [-0.05, 0) is 24.6 Å². The Bertz CT molecular complexity index is 619. The Hall–Kier alpha value is -2.21. The Morgan fingerprint density at radius 3 is 2.60 bits per heavy atom. The lowest BCUT2D eigenvalue weighted by atomic mass is 10.2. The topological polar surface area (TPSA) is 69.4 Å². The van der Waals surface area contributed by atoms with Crippen LogP contribution in [0.5, 0.6) is 5.75 Å². The van der Waals surface area contributed by atoms with Crippen molar-refractivity contribution in [2.24, 2.45) is 0 Å². The van der Waals surface area contributed by atoms with Gasteiger partial charge in [0.2, 0.25) is 0 Å². The van der Waals surface area contributed by atoms with Gasteiger partial charge in [-0.3, -0.25) is 14.9 Å². The van der Waals surface area contributed by atoms with Crippen molar-refractivity contribution < 1.29 is 14.5 Å². The van der Waals surface area contributed by atoms with Crippen molar-refractivity contribution in [1.29, 1.82) is 0 Å². The van der Waals surface area contributed by atoms with Gasteiger partial charge in [0.15, 0.2) is 6.29 Å². The van der Waals surface area contributed by atoms with Crippen LogP contribution in [0.3, 0.4) is 0 Å². The average molecular weight is 291 g/mol. The third-order valence-electron chi connectivity index (χ3n) is 2.79. The van der Waals surface area contributed by atoms with Crippen LogP contribution >= 0.6 is 11.3 Å². The molecule has 2 rings (SSSR count). The summed E-state index contributed by atoms with van der Waals surface area (Å²) in [5.74, 6) is 0.566. The first-order chi connectivity index (χ1) is 9.63. The summed E-state index contributed by atoms with van der Waals surface area (Å²) in [5, 5.41) is 10.5. The van der Waals surface area contributed by atoms with Crippen LogP contribution in [0.1, 0.15) is 27.0 Å². The number of hydrogen-bond donors (Lipinski definition) is 0. The number of nitro groups is 1. The number of thiophene rings is 1. The highest BCUT2D eigenvalue weighted by Crippen LogP contribution is 2.24. The van der Waals surface area contributed by atoms with E-state index in [2.05, 4.69) is 0 Å². The van der Waals surface area contributed by atoms with Gasteiger partial charge < -0.3 is 4.74 Å². The van der Waals surface area contributed by atoms with Crippen LogP contribution in [-0.4, -0.2) is 11.2 Å². The van der Waals surface area contributed by atoms with Gasteiger partial charge in [0.25, 0.3) is 5.69 Å². The average Bonchev–Trinajstić information content (AvgIpc) is 2.88. The zero-order valence-corrected chi connectivity index (χ0v) is 11.7. The van der Waals surface area contributed by atoms with Crippen molar-refractivity contribution in [2.75, 3.05) is 0 Å². The molecule has 2 aromatic rings. The minimum absolute atomic E-state index is 0.0328. The second-order valence-electron chi connectivity index (χ2n) is 4.11. The van der Waals surface area contributed by atoms with E-state index in [1.165, 1.54) is 23.5 Å². The van der Waals surface area contributed by atoms with Crippen LogP contribution in [0.25, 0.3) is 0 Å². The molecule has 0 unspecified atom stereocenters. The third-order valence-corrected chi connectivity index (χ3v) is 4.04. The summed E-state index contributed by atoms with van der Waals surface area (Å²) in [6, 6.07) is 7.76. The highest BCUT2D eigenvalue weighted by Gasteiger charge is 2.09. The lowest BCUT2D eigenvalue weighted by molar-refractivity contribution is -0.384. The van der Waals surface area contributed by atoms with E-state index in [-0.39, 0.29) is 5.69 Å². The van der Waals surface area contributed by atoms with E-state index in [1.54, 1.807) is 12.1 Å². The monoisotopic (exact) mass is 291 g/mol. The Balaban J connectivity index is 2.06. The van der Waals surface area contributed by atoms with Crippen LogP contribution in [0, 0.1) is 10.1 Å². The summed E-state index contributed by atoms with van der Waals surface area (Å²) < 4.78 is 5.60. The Morgan fingerprint density at radius 1 is 1.35 bits per heavy atom. The Morgan fingerprint density at radius 2 is 2.05 bits per heavy atom. The van der Waals surface area contributed by atoms with E-state index in [1.807, 2.05) is 13.0 Å². The number of carbonyl (C=O) groups is 1. The third kappa shape index (κ3) is 3.21. The molecule has 0 saturated heterocycles. The number of hydrogen-bond acceptors (Lipinski definition) is 5. The number of aryl methyl sites for hydroxylation is 1. The number of non-ortho nitro benzene ring substituents is 1. The fourth-order valence-corrected chi connectivity index (χ4v) is 2.72. The molecule has 0 aliphatic rings. The van der Waals surface area contributed by atoms with Crippen molar-refractivity contribution in [3.63, 3.8) is 0 Å². The van der Waals surface area contributed by atoms with Crippen molar-refractivity contribution in [1.82, 2.24) is 0 Å². The molecule has 1 heterocycles. The molecule has 0 bridgehead atoms. The Labute approximate surface area is 120 Å². The molecule has 0 N–H and O–H groups in total. The van der Waals surface area contributed by atoms with Crippen molar-refractivity contribution >= 4 is 23.3 Å². The zero-order valence-electron chi connectivity index (χ0n) is 10.9. The molecule has 0 aliphatic heterocycles. The van der Waals surface area contributed by atoms with Gasteiger partial charge in [-0.25, -0.2) is 0 Å². The number of benzene rings is 1. The van der Waals surface area contributed by atoms with Crippen LogP contribution < -0.4 is 4.74 Å². The van der Waals surface area contributed by atoms with E-state index in [0.29, 0.717) is 17.2 Å². The first kappa shape index (κ1) is 14.2. The maximum Gasteiger partial charge on any atom is 0.269 e. The first-order valence-electron chi connectivity index (χ1n) is 6.08. The SMILES string of the molecule is CCc1sc(C=O)cc1COc1ccc([N+](=O)[O-])cc1. The summed E-state index contributed by atoms with van der Waals surface area (Å²) in [6.07, 6.45) is 1.68. The summed E-state index contributed by atoms with van der Waals surface area (Å²) >= 11 is 1.46. The minimum Gasteiger partial charge on any atom is -0.489 e. The predicted molar refractivity (Wildman–Crippen MR) is 76.5 cm³/mol. The number of rotatable bonds is 6. The number of ether oxygens (including phenoxy) is 1. The normalized spacial score (nSPS) is 10.2. The van der Waals surface area contributed by atoms with E-state index in [0.717, 1.165) is 23.1 Å². The second-order valence-corrected chi connectivity index (χ2v) is 5.28. The standard InChI is InChI=1S/C14H13NO4S/c1-2-14-10(7-13(8-16)20-14)9-19-12-5-3-11(4-6-12)15(17)18/h3-8H,2,9H2,1H3. The smallest absolute Gasteiger partial charge is 0.269 e. The summed E-state index contributed by atoms with van der Waals surface area (Å²) in [5.41, 5.74) is 1.02. The van der Waals surface area contributed by atoms with Gasteiger partial charge in [0.1, 0.15) is 12.4 Å². The molecule has 1 aromatic carbocycles. The lowest BCUT2D eigenvalue weighted by Crippen LogP contribution is -1.97. The molecule has 0 amide bonds. The zero-order chi connectivity index (χ0) is 14.5. The molecule has 0 atom stereocenters. The van der Waals surface area contributed by atoms with Crippen LogP contribution in [-0.2, 0) is 13.0 Å². The van der Waals surface area contributed by atoms with Crippen LogP contribution in [0.15, 0.2) is 30.3 Å². The fraction of sp³-hybridized carbons (Fsp3) is 0.214. The van der Waals surface area contributed by atoms with Crippen LogP contribution in [0.2, 0.25) is 0 Å². The van der Waals surface area contributed by atoms with Gasteiger partial charge >= 0.3 is 0 Å². The van der Waals surface area contributed by atoms with Crippen molar-refractivity contribution in [3.05, 3.63) is 55.8 Å². The molecule has 20 heavy (non-hydrogen) atoms. The van der Waals surface area contributed by atoms with E-state index >= 15 is 0 Å². The minimum atomic E-state index is -0.450. The predicted octanol–water partition coefficient (Wildman–Crippen LogP) is 3.61. The van der Waals surface area contributed by atoms with Crippen molar-refractivity contribution in [2.45, 2.75) is 20.0 Å². The number of carbonyl (C=O) groups excluding carboxylic acids is 1. The van der Waals surface area contributed by atoms with Gasteiger partial charge in [-0.15, -0.1) is 11.3 Å². The largest absolute Gasteiger partial charge is 0.489 e. The highest BCUT2D eigenvalue weighted by molar-refractivity contribution is 7.13. The number of aldehydes is 1.